The number of amides is 5. The maximum Gasteiger partial charge on any atom is 0.418 e. The smallest absolute Gasteiger partial charge is 0.418 e. The number of nitrogens with one attached hydrogen (secondary N) is 2. The third-order valence-electron chi connectivity index (χ3n) is 6.26. The van der Waals surface area contributed by atoms with Crippen LogP contribution in [0.15, 0.2) is 54.9 Å². The molecule has 0 aliphatic carbocycles. The zero-order valence-electron chi connectivity index (χ0n) is 22.6. The number of carbonyl (C=O) groups excluding carboxylic acids is 3. The summed E-state index contributed by atoms with van der Waals surface area (Å²) in [6.07, 6.45) is 2.86. The minimum Gasteiger partial charge on any atom is -0.465 e. The molecule has 4 rings (SSSR count). The molecule has 5 amide bonds. The quantitative estimate of drug-likeness (QED) is 0.283. The number of benzene rings is 1. The number of hydrogen-bond donors (Lipinski definition) is 4. The normalized spacial score (nSPS) is 18.2. The summed E-state index contributed by atoms with van der Waals surface area (Å²) in [6.45, 7) is 5.46. The fraction of sp³-hybridized carbons (Fsp3) is 0.400. The van der Waals surface area contributed by atoms with E-state index < -0.39 is 52.0 Å². The van der Waals surface area contributed by atoms with Crippen LogP contribution in [0.5, 0.6) is 0 Å². The predicted molar refractivity (Wildman–Crippen MR) is 143 cm³/mol. The van der Waals surface area contributed by atoms with Crippen molar-refractivity contribution in [3.05, 3.63) is 66.0 Å². The number of hydrogen-bond acceptors (Lipinski definition) is 8. The van der Waals surface area contributed by atoms with Crippen molar-refractivity contribution in [2.24, 2.45) is 0 Å². The number of aromatic nitrogens is 1. The van der Waals surface area contributed by atoms with Gasteiger partial charge in [0.15, 0.2) is 0 Å². The molecular formula is C25H32N6O9S. The number of carboxylic acid groups (broad SMARTS) is 1. The Kier molecular flexibility index (Phi) is 9.85. The molecule has 2 aromatic rings. The van der Waals surface area contributed by atoms with Gasteiger partial charge < -0.3 is 10.0 Å². The van der Waals surface area contributed by atoms with Crippen LogP contribution in [0, 0.1) is 0 Å². The highest BCUT2D eigenvalue weighted by molar-refractivity contribution is 7.80. The first kappa shape index (κ1) is 31.3. The molecule has 0 spiro atoms. The number of piperidine rings is 1. The summed E-state index contributed by atoms with van der Waals surface area (Å²) >= 11 is 0. The third kappa shape index (κ3) is 8.60. The lowest BCUT2D eigenvalue weighted by molar-refractivity contribution is -0.126. The molecular weight excluding hydrogens is 560 g/mol. The minimum absolute atomic E-state index is 0.0176. The third-order valence-corrected chi connectivity index (χ3v) is 6.61. The molecule has 15 nitrogen and oxygen atoms in total. The van der Waals surface area contributed by atoms with Crippen LogP contribution in [0.2, 0.25) is 0 Å². The van der Waals surface area contributed by atoms with Crippen LogP contribution in [-0.4, -0.2) is 86.0 Å². The van der Waals surface area contributed by atoms with E-state index in [1.165, 1.54) is 17.0 Å². The van der Waals surface area contributed by atoms with Gasteiger partial charge in [0, 0.05) is 36.6 Å². The molecule has 2 fully saturated rings. The van der Waals surface area contributed by atoms with E-state index in [0.717, 1.165) is 4.90 Å². The Balaban J connectivity index is 0.000000681. The molecule has 41 heavy (non-hydrogen) atoms. The average molecular weight is 593 g/mol. The van der Waals surface area contributed by atoms with Gasteiger partial charge in [0.25, 0.3) is 11.8 Å². The molecule has 2 saturated heterocycles. The molecule has 1 aromatic carbocycles. The lowest BCUT2D eigenvalue weighted by atomic mass is 10.0. The van der Waals surface area contributed by atoms with Gasteiger partial charge in [-0.25, -0.2) is 9.59 Å². The number of hydrazine groups is 1. The molecule has 2 aliphatic heterocycles. The van der Waals surface area contributed by atoms with E-state index >= 15 is 0 Å². The van der Waals surface area contributed by atoms with Crippen LogP contribution in [0.25, 0.3) is 0 Å². The summed E-state index contributed by atoms with van der Waals surface area (Å²) in [4.78, 5) is 55.1. The summed E-state index contributed by atoms with van der Waals surface area (Å²) in [5.41, 5.74) is 4.78. The molecule has 0 unspecified atom stereocenters. The van der Waals surface area contributed by atoms with Crippen LogP contribution < -0.4 is 10.9 Å². The number of carbonyl (C=O) groups is 4. The van der Waals surface area contributed by atoms with Crippen LogP contribution in [0.3, 0.4) is 0 Å². The first-order valence-corrected chi connectivity index (χ1v) is 13.9. The van der Waals surface area contributed by atoms with Gasteiger partial charge in [-0.2, -0.15) is 13.5 Å². The molecule has 4 N–H and O–H groups in total. The zero-order valence-corrected chi connectivity index (χ0v) is 23.4. The molecule has 222 valence electrons. The van der Waals surface area contributed by atoms with E-state index in [1.54, 1.807) is 45.3 Å². The Labute approximate surface area is 237 Å². The van der Waals surface area contributed by atoms with Gasteiger partial charge >= 0.3 is 22.5 Å². The Bertz CT molecular complexity index is 1320. The standard InChI is InChI=1S/C20H27N5O9S.C5H5N/c1-20(2,3)24(19(29)30)10-12-4-6-13(7-5-12)16(26)21-22-17(27)15-9-8-14-11-23(15)18(28)25(14)34-35(31,32)33;1-2-4-6-5-3-1/h4-7,14-15H,8-11H2,1-3H3,(H,21,26)(H,22,27)(H,29,30)(H,31,32,33);1-5H/t14-,15+;/m1./s1. The largest absolute Gasteiger partial charge is 0.465 e. The van der Waals surface area contributed by atoms with Gasteiger partial charge in [-0.3, -0.25) is 34.9 Å². The van der Waals surface area contributed by atoms with Gasteiger partial charge in [-0.15, -0.1) is 4.28 Å². The SMILES string of the molecule is CC(C)(C)N(Cc1ccc(C(=O)NNC(=O)[C@@H]2CC[C@@H]3CN2C(=O)N3OS(=O)(=O)O)cc1)C(=O)O.c1ccncc1. The lowest BCUT2D eigenvalue weighted by Crippen LogP contribution is -2.54. The van der Waals surface area contributed by atoms with E-state index in [1.807, 2.05) is 18.2 Å². The highest BCUT2D eigenvalue weighted by Crippen LogP contribution is 2.30. The van der Waals surface area contributed by atoms with Gasteiger partial charge in [0.2, 0.25) is 0 Å². The molecule has 3 heterocycles. The fourth-order valence-electron chi connectivity index (χ4n) is 4.23. The fourth-order valence-corrected chi connectivity index (χ4v) is 4.61. The van der Waals surface area contributed by atoms with Crippen molar-refractivity contribution in [1.82, 2.24) is 30.7 Å². The summed E-state index contributed by atoms with van der Waals surface area (Å²) in [5.74, 6) is -1.31. The predicted octanol–water partition coefficient (Wildman–Crippen LogP) is 1.81. The van der Waals surface area contributed by atoms with Crippen molar-refractivity contribution in [3.8, 4) is 0 Å². The van der Waals surface area contributed by atoms with Crippen LogP contribution in [-0.2, 0) is 26.0 Å². The van der Waals surface area contributed by atoms with Crippen LogP contribution in [0.1, 0.15) is 49.5 Å². The number of urea groups is 1. The van der Waals surface area contributed by atoms with Gasteiger partial charge in [0.1, 0.15) is 6.04 Å². The van der Waals surface area contributed by atoms with Crippen molar-refractivity contribution >= 4 is 34.3 Å². The van der Waals surface area contributed by atoms with Gasteiger partial charge in [-0.05, 0) is 63.4 Å². The van der Waals surface area contributed by atoms with Crippen molar-refractivity contribution < 1.29 is 41.5 Å². The Morgan fingerprint density at radius 1 is 1.07 bits per heavy atom. The molecule has 1 aromatic heterocycles. The van der Waals surface area contributed by atoms with E-state index in [4.69, 9.17) is 4.55 Å². The molecule has 2 aliphatic rings. The first-order valence-electron chi connectivity index (χ1n) is 12.5. The molecule has 2 bridgehead atoms. The Hall–Kier alpha value is -4.28. The number of pyridine rings is 1. The monoisotopic (exact) mass is 592 g/mol. The second-order valence-corrected chi connectivity index (χ2v) is 11.2. The summed E-state index contributed by atoms with van der Waals surface area (Å²) in [5, 5.41) is 9.93. The van der Waals surface area contributed by atoms with Crippen molar-refractivity contribution in [2.75, 3.05) is 6.54 Å². The van der Waals surface area contributed by atoms with Crippen molar-refractivity contribution in [3.63, 3.8) is 0 Å². The van der Waals surface area contributed by atoms with E-state index in [0.29, 0.717) is 10.6 Å². The maximum absolute atomic E-state index is 12.6. The Morgan fingerprint density at radius 3 is 2.20 bits per heavy atom. The number of nitrogens with zero attached hydrogens (tertiary/aromatic N) is 4. The minimum atomic E-state index is -4.90. The lowest BCUT2D eigenvalue weighted by Gasteiger charge is -2.33. The van der Waals surface area contributed by atoms with E-state index in [9.17, 15) is 32.7 Å². The van der Waals surface area contributed by atoms with Crippen molar-refractivity contribution in [2.45, 2.75) is 57.8 Å². The average Bonchev–Trinajstić information content (AvgIpc) is 3.14. The zero-order chi connectivity index (χ0) is 30.4. The van der Waals surface area contributed by atoms with Gasteiger partial charge in [-0.1, -0.05) is 18.2 Å². The van der Waals surface area contributed by atoms with Gasteiger partial charge in [0.05, 0.1) is 6.04 Å². The molecule has 2 atom stereocenters. The number of hydroxylamine groups is 2. The highest BCUT2D eigenvalue weighted by Gasteiger charge is 2.49. The molecule has 16 heteroatoms. The van der Waals surface area contributed by atoms with Crippen LogP contribution in [0.4, 0.5) is 9.59 Å². The summed E-state index contributed by atoms with van der Waals surface area (Å²) < 4.78 is 35.1. The Morgan fingerprint density at radius 2 is 1.71 bits per heavy atom. The highest BCUT2D eigenvalue weighted by atomic mass is 32.3. The van der Waals surface area contributed by atoms with E-state index in [-0.39, 0.29) is 31.5 Å². The molecule has 0 saturated carbocycles. The van der Waals surface area contributed by atoms with Crippen molar-refractivity contribution in [1.29, 1.82) is 0 Å². The molecule has 0 radical (unpaired) electrons. The number of rotatable bonds is 6. The maximum atomic E-state index is 12.6. The first-order chi connectivity index (χ1) is 19.2. The second kappa shape index (κ2) is 12.9. The van der Waals surface area contributed by atoms with E-state index in [2.05, 4.69) is 20.1 Å². The number of fused-ring (bicyclic) bond motifs is 2. The summed E-state index contributed by atoms with van der Waals surface area (Å²) in [7, 11) is -4.90. The summed E-state index contributed by atoms with van der Waals surface area (Å²) in [6, 6.07) is 9.38. The van der Waals surface area contributed by atoms with Crippen LogP contribution >= 0.6 is 0 Å². The topological polar surface area (TPSA) is 199 Å². The second-order valence-electron chi connectivity index (χ2n) is 10.2.